The summed E-state index contributed by atoms with van der Waals surface area (Å²) in [4.78, 5) is 31.1. The molecule has 10 nitrogen and oxygen atoms in total. The smallest absolute Gasteiger partial charge is 0.251 e. The van der Waals surface area contributed by atoms with Crippen LogP contribution in [0.2, 0.25) is 5.02 Å². The van der Waals surface area contributed by atoms with Crippen molar-refractivity contribution in [1.82, 2.24) is 20.1 Å². The average molecular weight is 646 g/mol. The quantitative estimate of drug-likeness (QED) is 0.222. The van der Waals surface area contributed by atoms with Crippen LogP contribution in [0.5, 0.6) is 11.5 Å². The van der Waals surface area contributed by atoms with Crippen LogP contribution in [-0.2, 0) is 15.8 Å². The van der Waals surface area contributed by atoms with E-state index in [1.54, 1.807) is 25.1 Å². The molecule has 2 amide bonds. The van der Waals surface area contributed by atoms with Gasteiger partial charge in [-0.3, -0.25) is 14.3 Å². The van der Waals surface area contributed by atoms with E-state index in [1.165, 1.54) is 18.2 Å². The highest BCUT2D eigenvalue weighted by Crippen LogP contribution is 2.50. The maximum absolute atomic E-state index is 15.2. The Balaban J connectivity index is 1.16. The van der Waals surface area contributed by atoms with Crippen molar-refractivity contribution < 1.29 is 28.6 Å². The molecule has 3 fully saturated rings. The Morgan fingerprint density at radius 1 is 1.20 bits per heavy atom. The number of amides is 2. The second-order valence-electron chi connectivity index (χ2n) is 13.3. The molecule has 0 spiro atoms. The predicted octanol–water partition coefficient (Wildman–Crippen LogP) is 4.93. The Morgan fingerprint density at radius 3 is 2.67 bits per heavy atom. The summed E-state index contributed by atoms with van der Waals surface area (Å²) < 4.78 is 29.2. The lowest BCUT2D eigenvalue weighted by Gasteiger charge is -2.30. The first kappa shape index (κ1) is 29.2. The number of aliphatic hydroxyl groups is 1. The number of carbonyl (C=O) groups excluding carboxylic acids is 2. The van der Waals surface area contributed by atoms with Gasteiger partial charge in [0.2, 0.25) is 5.91 Å². The normalized spacial score (nSPS) is 21.8. The molecule has 4 aliphatic rings. The third-order valence-electron chi connectivity index (χ3n) is 9.61. The molecule has 0 radical (unpaired) electrons. The number of nitrogens with zero attached hydrogens (tertiary/aromatic N) is 3. The number of carbonyl (C=O) groups is 2. The first-order chi connectivity index (χ1) is 22.0. The van der Waals surface area contributed by atoms with Crippen LogP contribution in [0.25, 0.3) is 22.2 Å². The zero-order chi connectivity index (χ0) is 32.0. The predicted molar refractivity (Wildman–Crippen MR) is 167 cm³/mol. The van der Waals surface area contributed by atoms with Crippen molar-refractivity contribution in [1.29, 1.82) is 0 Å². The number of ether oxygens (including phenoxy) is 2. The highest BCUT2D eigenvalue weighted by molar-refractivity contribution is 6.30. The SMILES string of the molecule is C[C@]1(C(N)=O)COc2c1cc(C(O)(CNC(=O)c1cc(OC3CC3)c3nn(C4CC4)cc3c1)C1CC1)nc2-c1cc(Cl)ccc1F. The first-order valence-electron chi connectivity index (χ1n) is 15.7. The van der Waals surface area contributed by atoms with Crippen LogP contribution in [0, 0.1) is 11.7 Å². The van der Waals surface area contributed by atoms with E-state index >= 15 is 4.39 Å². The van der Waals surface area contributed by atoms with E-state index in [4.69, 9.17) is 36.9 Å². The van der Waals surface area contributed by atoms with Gasteiger partial charge in [-0.25, -0.2) is 9.37 Å². The summed E-state index contributed by atoms with van der Waals surface area (Å²) in [5.74, 6) is -1.08. The van der Waals surface area contributed by atoms with Gasteiger partial charge in [-0.05, 0) is 87.8 Å². The highest BCUT2D eigenvalue weighted by atomic mass is 35.5. The number of nitrogens with one attached hydrogen (secondary N) is 1. The highest BCUT2D eigenvalue weighted by Gasteiger charge is 2.50. The molecule has 3 heterocycles. The van der Waals surface area contributed by atoms with Crippen molar-refractivity contribution in [3.8, 4) is 22.8 Å². The van der Waals surface area contributed by atoms with Crippen molar-refractivity contribution in [2.24, 2.45) is 11.7 Å². The molecule has 0 bridgehead atoms. The van der Waals surface area contributed by atoms with E-state index in [9.17, 15) is 14.7 Å². The monoisotopic (exact) mass is 645 g/mol. The van der Waals surface area contributed by atoms with Gasteiger partial charge >= 0.3 is 0 Å². The summed E-state index contributed by atoms with van der Waals surface area (Å²) in [5, 5.41) is 21.0. The van der Waals surface area contributed by atoms with Crippen LogP contribution in [0.1, 0.15) is 73.1 Å². The molecular weight excluding hydrogens is 613 g/mol. The largest absolute Gasteiger partial charge is 0.489 e. The van der Waals surface area contributed by atoms with Gasteiger partial charge in [-0.2, -0.15) is 5.10 Å². The van der Waals surface area contributed by atoms with E-state index in [2.05, 4.69) is 5.32 Å². The Hall–Kier alpha value is -4.22. The summed E-state index contributed by atoms with van der Waals surface area (Å²) in [7, 11) is 0. The van der Waals surface area contributed by atoms with Crippen molar-refractivity contribution >= 4 is 34.3 Å². The third kappa shape index (κ3) is 4.96. The first-order valence-corrected chi connectivity index (χ1v) is 16.1. The van der Waals surface area contributed by atoms with Gasteiger partial charge in [0, 0.05) is 33.3 Å². The molecular formula is C34H33ClFN5O5. The molecule has 4 N–H and O–H groups in total. The van der Waals surface area contributed by atoms with E-state index in [0.29, 0.717) is 35.8 Å². The van der Waals surface area contributed by atoms with E-state index < -0.39 is 28.6 Å². The minimum atomic E-state index is -1.63. The van der Waals surface area contributed by atoms with Gasteiger partial charge in [0.25, 0.3) is 5.91 Å². The number of pyridine rings is 1. The lowest BCUT2D eigenvalue weighted by molar-refractivity contribution is -0.123. The number of aromatic nitrogens is 3. The molecule has 3 saturated carbocycles. The number of nitrogens with two attached hydrogens (primary N) is 1. The molecule has 238 valence electrons. The van der Waals surface area contributed by atoms with Crippen LogP contribution in [0.4, 0.5) is 4.39 Å². The lowest BCUT2D eigenvalue weighted by Crippen LogP contribution is -2.44. The molecule has 8 rings (SSSR count). The zero-order valence-electron chi connectivity index (χ0n) is 25.2. The summed E-state index contributed by atoms with van der Waals surface area (Å²) >= 11 is 6.24. The molecule has 4 aromatic rings. The summed E-state index contributed by atoms with van der Waals surface area (Å²) in [6, 6.07) is 9.54. The third-order valence-corrected chi connectivity index (χ3v) is 9.84. The van der Waals surface area contributed by atoms with Crippen LogP contribution in [-0.4, -0.2) is 50.9 Å². The maximum Gasteiger partial charge on any atom is 0.251 e. The number of halogens is 2. The Morgan fingerprint density at radius 2 is 1.98 bits per heavy atom. The number of benzene rings is 2. The Kier molecular flexibility index (Phi) is 6.60. The van der Waals surface area contributed by atoms with Gasteiger partial charge in [0.05, 0.1) is 24.4 Å². The molecule has 2 atom stereocenters. The van der Waals surface area contributed by atoms with E-state index in [0.717, 1.165) is 36.6 Å². The average Bonchev–Trinajstić information content (AvgIpc) is 3.92. The van der Waals surface area contributed by atoms with Crippen molar-refractivity contribution in [2.75, 3.05) is 13.2 Å². The summed E-state index contributed by atoms with van der Waals surface area (Å²) in [5.41, 5.74) is 4.79. The van der Waals surface area contributed by atoms with Gasteiger partial charge < -0.3 is 25.6 Å². The van der Waals surface area contributed by atoms with Gasteiger partial charge in [0.1, 0.15) is 46.1 Å². The lowest BCUT2D eigenvalue weighted by atomic mass is 9.81. The molecule has 3 aliphatic carbocycles. The molecule has 0 saturated heterocycles. The van der Waals surface area contributed by atoms with Crippen molar-refractivity contribution in [2.45, 2.75) is 68.6 Å². The molecule has 1 unspecified atom stereocenters. The fourth-order valence-electron chi connectivity index (χ4n) is 6.23. The van der Waals surface area contributed by atoms with Gasteiger partial charge in [-0.1, -0.05) is 11.6 Å². The second kappa shape index (κ2) is 10.4. The van der Waals surface area contributed by atoms with Crippen LogP contribution in [0.3, 0.4) is 0 Å². The number of fused-ring (bicyclic) bond motifs is 2. The van der Waals surface area contributed by atoms with E-state index in [1.807, 2.05) is 10.9 Å². The summed E-state index contributed by atoms with van der Waals surface area (Å²) in [6.07, 6.45) is 7.54. The van der Waals surface area contributed by atoms with Crippen molar-refractivity contribution in [3.05, 3.63) is 70.3 Å². The van der Waals surface area contributed by atoms with Gasteiger partial charge in [0.15, 0.2) is 0 Å². The van der Waals surface area contributed by atoms with E-state index in [-0.39, 0.29) is 52.9 Å². The zero-order valence-corrected chi connectivity index (χ0v) is 25.9. The second-order valence-corrected chi connectivity index (χ2v) is 13.7. The van der Waals surface area contributed by atoms with Crippen molar-refractivity contribution in [3.63, 3.8) is 0 Å². The fraction of sp³-hybridized carbons (Fsp3) is 0.412. The fourth-order valence-corrected chi connectivity index (χ4v) is 6.40. The number of hydrogen-bond donors (Lipinski definition) is 3. The molecule has 2 aromatic carbocycles. The standard InChI is InChI=1S/C34H33ClFN5O5/c1-33(32(37)43)16-45-30-24(33)13-27(39-29(30)23-12-20(35)4-9-25(23)36)34(44,19-2-3-19)15-38-31(42)17-10-18-14-41(21-5-6-21)40-28(18)26(11-17)46-22-7-8-22/h4,9-14,19,21-22,44H,2-3,5-8,15-16H2,1H3,(H2,37,43)(H,38,42)/t33-,34?/m0/s1. The van der Waals surface area contributed by atoms with Crippen LogP contribution in [0.15, 0.2) is 42.6 Å². The molecule has 46 heavy (non-hydrogen) atoms. The molecule has 12 heteroatoms. The molecule has 1 aliphatic heterocycles. The number of primary amides is 1. The summed E-state index contributed by atoms with van der Waals surface area (Å²) in [6.45, 7) is 1.40. The molecule has 2 aromatic heterocycles. The number of rotatable bonds is 10. The minimum Gasteiger partial charge on any atom is -0.489 e. The van der Waals surface area contributed by atoms with Crippen LogP contribution < -0.4 is 20.5 Å². The van der Waals surface area contributed by atoms with Gasteiger partial charge in [-0.15, -0.1) is 0 Å². The Labute approximate surface area is 269 Å². The number of hydrogen-bond acceptors (Lipinski definition) is 7. The maximum atomic E-state index is 15.2. The topological polar surface area (TPSA) is 142 Å². The Bertz CT molecular complexity index is 1940. The minimum absolute atomic E-state index is 0.0599. The van der Waals surface area contributed by atoms with Crippen LogP contribution >= 0.6 is 11.6 Å².